The molecule has 1 atom stereocenters. The van der Waals surface area contributed by atoms with Crippen LogP contribution >= 0.6 is 0 Å². The molecular weight excluding hydrogens is 346 g/mol. The van der Waals surface area contributed by atoms with E-state index in [2.05, 4.69) is 20.9 Å². The molecule has 1 saturated carbocycles. The SMILES string of the molecule is Cc1onc(OC2CCNC2)c1-c1ccn2nc(NC(=O)C3CC3)cc2c1. The summed E-state index contributed by atoms with van der Waals surface area (Å²) in [7, 11) is 0. The molecule has 1 aliphatic carbocycles. The molecule has 1 aliphatic heterocycles. The van der Waals surface area contributed by atoms with Crippen LogP contribution in [-0.4, -0.2) is 39.9 Å². The molecule has 8 nitrogen and oxygen atoms in total. The summed E-state index contributed by atoms with van der Waals surface area (Å²) in [5.41, 5.74) is 2.68. The van der Waals surface area contributed by atoms with Gasteiger partial charge in [-0.1, -0.05) is 0 Å². The van der Waals surface area contributed by atoms with E-state index in [1.54, 1.807) is 4.52 Å². The number of carbonyl (C=O) groups excluding carboxylic acids is 1. The smallest absolute Gasteiger partial charge is 0.262 e. The zero-order valence-electron chi connectivity index (χ0n) is 15.1. The Kier molecular flexibility index (Phi) is 3.86. The van der Waals surface area contributed by atoms with Gasteiger partial charge in [-0.2, -0.15) is 5.10 Å². The predicted octanol–water partition coefficient (Wildman–Crippen LogP) is 2.39. The van der Waals surface area contributed by atoms with E-state index < -0.39 is 0 Å². The summed E-state index contributed by atoms with van der Waals surface area (Å²) in [5, 5.41) is 14.7. The van der Waals surface area contributed by atoms with Gasteiger partial charge in [-0.05, 0) is 55.6 Å². The Balaban J connectivity index is 1.44. The standard InChI is InChI=1S/C19H21N5O3/c1-11-17(19(23-27-11)26-15-4-6-20-10-15)13-5-7-24-14(8-13)9-16(22-24)21-18(25)12-2-3-12/h5,7-9,12,15,20H,2-4,6,10H2,1H3,(H,21,22,25). The first-order valence-electron chi connectivity index (χ1n) is 9.32. The Bertz CT molecular complexity index is 998. The number of hydrogen-bond donors (Lipinski definition) is 2. The van der Waals surface area contributed by atoms with Crippen molar-refractivity contribution in [1.82, 2.24) is 20.1 Å². The van der Waals surface area contributed by atoms with Gasteiger partial charge in [0.15, 0.2) is 5.82 Å². The molecule has 3 aromatic rings. The van der Waals surface area contributed by atoms with Crippen LogP contribution in [-0.2, 0) is 4.79 Å². The fourth-order valence-corrected chi connectivity index (χ4v) is 3.43. The van der Waals surface area contributed by atoms with Crippen molar-refractivity contribution in [3.05, 3.63) is 30.2 Å². The number of pyridine rings is 1. The van der Waals surface area contributed by atoms with Gasteiger partial charge >= 0.3 is 0 Å². The number of nitrogens with zero attached hydrogens (tertiary/aromatic N) is 3. The van der Waals surface area contributed by atoms with Crippen LogP contribution in [0.2, 0.25) is 0 Å². The molecule has 5 rings (SSSR count). The first kappa shape index (κ1) is 16.3. The van der Waals surface area contributed by atoms with Crippen molar-refractivity contribution in [1.29, 1.82) is 0 Å². The Morgan fingerprint density at radius 3 is 3.04 bits per heavy atom. The number of nitrogens with one attached hydrogen (secondary N) is 2. The highest BCUT2D eigenvalue weighted by Crippen LogP contribution is 2.35. The summed E-state index contributed by atoms with van der Waals surface area (Å²) in [5.74, 6) is 2.00. The molecule has 4 heterocycles. The average Bonchev–Trinajstić information content (AvgIpc) is 3.06. The molecule has 140 valence electrons. The summed E-state index contributed by atoms with van der Waals surface area (Å²) < 4.78 is 13.2. The molecule has 2 aliphatic rings. The van der Waals surface area contributed by atoms with Crippen LogP contribution in [0.15, 0.2) is 28.9 Å². The highest BCUT2D eigenvalue weighted by Gasteiger charge is 2.30. The normalized spacial score (nSPS) is 19.5. The van der Waals surface area contributed by atoms with Crippen molar-refractivity contribution in [2.45, 2.75) is 32.3 Å². The quantitative estimate of drug-likeness (QED) is 0.719. The lowest BCUT2D eigenvalue weighted by molar-refractivity contribution is -0.117. The van der Waals surface area contributed by atoms with Crippen molar-refractivity contribution in [3.8, 4) is 17.0 Å². The second kappa shape index (κ2) is 6.38. The number of hydrogen-bond acceptors (Lipinski definition) is 6. The van der Waals surface area contributed by atoms with Gasteiger partial charge in [-0.3, -0.25) is 4.79 Å². The Hall–Kier alpha value is -2.87. The minimum atomic E-state index is 0.0503. The van der Waals surface area contributed by atoms with Crippen molar-refractivity contribution < 1.29 is 14.1 Å². The first-order chi connectivity index (χ1) is 13.2. The number of aryl methyl sites for hydroxylation is 1. The summed E-state index contributed by atoms with van der Waals surface area (Å²) in [6, 6.07) is 5.82. The van der Waals surface area contributed by atoms with Gasteiger partial charge in [0.05, 0.1) is 11.1 Å². The van der Waals surface area contributed by atoms with Crippen molar-refractivity contribution >= 4 is 17.2 Å². The maximum Gasteiger partial charge on any atom is 0.262 e. The van der Waals surface area contributed by atoms with E-state index in [1.807, 2.05) is 31.3 Å². The van der Waals surface area contributed by atoms with Crippen molar-refractivity contribution in [2.24, 2.45) is 5.92 Å². The van der Waals surface area contributed by atoms with E-state index in [0.717, 1.165) is 49.0 Å². The minimum absolute atomic E-state index is 0.0503. The molecule has 0 radical (unpaired) electrons. The Morgan fingerprint density at radius 2 is 2.26 bits per heavy atom. The van der Waals surface area contributed by atoms with Gasteiger partial charge in [-0.25, -0.2) is 4.52 Å². The molecule has 27 heavy (non-hydrogen) atoms. The topological polar surface area (TPSA) is 93.7 Å². The van der Waals surface area contributed by atoms with E-state index in [9.17, 15) is 4.79 Å². The Morgan fingerprint density at radius 1 is 1.37 bits per heavy atom. The molecule has 1 saturated heterocycles. The molecular formula is C19H21N5O3. The van der Waals surface area contributed by atoms with Crippen LogP contribution in [0.3, 0.4) is 0 Å². The number of amides is 1. The van der Waals surface area contributed by atoms with Crippen LogP contribution in [0.1, 0.15) is 25.0 Å². The van der Waals surface area contributed by atoms with Gasteiger partial charge in [0.2, 0.25) is 5.91 Å². The Labute approximate surface area is 155 Å². The molecule has 1 unspecified atom stereocenters. The number of aromatic nitrogens is 3. The summed E-state index contributed by atoms with van der Waals surface area (Å²) in [6.07, 6.45) is 4.86. The average molecular weight is 367 g/mol. The van der Waals surface area contributed by atoms with Crippen LogP contribution in [0.25, 0.3) is 16.6 Å². The summed E-state index contributed by atoms with van der Waals surface area (Å²) >= 11 is 0. The molecule has 2 fully saturated rings. The monoisotopic (exact) mass is 367 g/mol. The molecule has 0 spiro atoms. The van der Waals surface area contributed by atoms with Gasteiger partial charge in [0.25, 0.3) is 5.88 Å². The molecule has 3 aromatic heterocycles. The van der Waals surface area contributed by atoms with Crippen LogP contribution in [0.5, 0.6) is 5.88 Å². The lowest BCUT2D eigenvalue weighted by Gasteiger charge is -2.11. The molecule has 2 N–H and O–H groups in total. The fourth-order valence-electron chi connectivity index (χ4n) is 3.43. The van der Waals surface area contributed by atoms with Crippen LogP contribution < -0.4 is 15.4 Å². The molecule has 1 amide bonds. The number of rotatable bonds is 5. The second-order valence-electron chi connectivity index (χ2n) is 7.23. The van der Waals surface area contributed by atoms with Crippen molar-refractivity contribution in [3.63, 3.8) is 0 Å². The van der Waals surface area contributed by atoms with Gasteiger partial charge in [-0.15, -0.1) is 0 Å². The van der Waals surface area contributed by atoms with E-state index in [1.165, 1.54) is 0 Å². The third kappa shape index (κ3) is 3.16. The number of carbonyl (C=O) groups is 1. The van der Waals surface area contributed by atoms with Crippen LogP contribution in [0, 0.1) is 12.8 Å². The first-order valence-corrected chi connectivity index (χ1v) is 9.32. The van der Waals surface area contributed by atoms with Gasteiger partial charge in [0, 0.05) is 24.7 Å². The molecule has 0 aromatic carbocycles. The van der Waals surface area contributed by atoms with Crippen LogP contribution in [0.4, 0.5) is 5.82 Å². The minimum Gasteiger partial charge on any atom is -0.470 e. The van der Waals surface area contributed by atoms with E-state index in [4.69, 9.17) is 9.26 Å². The third-order valence-corrected chi connectivity index (χ3v) is 5.08. The number of anilines is 1. The van der Waals surface area contributed by atoms with E-state index >= 15 is 0 Å². The molecule has 8 heteroatoms. The zero-order chi connectivity index (χ0) is 18.4. The van der Waals surface area contributed by atoms with E-state index in [0.29, 0.717) is 17.5 Å². The summed E-state index contributed by atoms with van der Waals surface area (Å²) in [4.78, 5) is 12.0. The number of fused-ring (bicyclic) bond motifs is 1. The predicted molar refractivity (Wildman–Crippen MR) is 98.7 cm³/mol. The lowest BCUT2D eigenvalue weighted by atomic mass is 10.1. The number of ether oxygens (including phenoxy) is 1. The van der Waals surface area contributed by atoms with E-state index in [-0.39, 0.29) is 17.9 Å². The maximum absolute atomic E-state index is 12.0. The summed E-state index contributed by atoms with van der Waals surface area (Å²) in [6.45, 7) is 3.65. The highest BCUT2D eigenvalue weighted by molar-refractivity contribution is 5.93. The highest BCUT2D eigenvalue weighted by atomic mass is 16.5. The van der Waals surface area contributed by atoms with Crippen molar-refractivity contribution in [2.75, 3.05) is 18.4 Å². The molecule has 0 bridgehead atoms. The van der Waals surface area contributed by atoms with Gasteiger partial charge < -0.3 is 19.9 Å². The zero-order valence-corrected chi connectivity index (χ0v) is 15.1. The maximum atomic E-state index is 12.0. The second-order valence-corrected chi connectivity index (χ2v) is 7.23. The lowest BCUT2D eigenvalue weighted by Crippen LogP contribution is -2.20. The fraction of sp³-hybridized carbons (Fsp3) is 0.421. The van der Waals surface area contributed by atoms with Gasteiger partial charge in [0.1, 0.15) is 11.9 Å². The third-order valence-electron chi connectivity index (χ3n) is 5.08. The largest absolute Gasteiger partial charge is 0.470 e.